The molecule has 9 heteroatoms. The summed E-state index contributed by atoms with van der Waals surface area (Å²) in [6.07, 6.45) is 4.99. The smallest absolute Gasteiger partial charge is 0.234 e. The Morgan fingerprint density at radius 3 is 2.79 bits per heavy atom. The number of nitrogens with zero attached hydrogens (tertiary/aromatic N) is 3. The molecule has 7 nitrogen and oxygen atoms in total. The standard InChI is InChI=1S/C19H25N5O2S2/c25-17(21-14-5-7-15(8-6-14)24-9-1-2-10-24)13-27-19-23-22-18(28-19)20-12-16-4-3-11-26-16/h5-8,16H,1-4,9-13H2,(H,20,22)(H,21,25)/t16-/m0/s1. The second-order valence-electron chi connectivity index (χ2n) is 6.97. The van der Waals surface area contributed by atoms with Gasteiger partial charge in [0.05, 0.1) is 11.9 Å². The monoisotopic (exact) mass is 419 g/mol. The zero-order valence-electron chi connectivity index (χ0n) is 15.7. The highest BCUT2D eigenvalue weighted by molar-refractivity contribution is 8.01. The summed E-state index contributed by atoms with van der Waals surface area (Å²) in [6.45, 7) is 3.84. The molecule has 2 N–H and O–H groups in total. The zero-order chi connectivity index (χ0) is 19.2. The summed E-state index contributed by atoms with van der Waals surface area (Å²) in [5.74, 6) is 0.275. The van der Waals surface area contributed by atoms with Crippen LogP contribution in [0.4, 0.5) is 16.5 Å². The van der Waals surface area contributed by atoms with Gasteiger partial charge in [-0.3, -0.25) is 4.79 Å². The number of ether oxygens (including phenoxy) is 1. The summed E-state index contributed by atoms with van der Waals surface area (Å²) in [6, 6.07) is 8.08. The van der Waals surface area contributed by atoms with E-state index in [1.807, 2.05) is 12.1 Å². The van der Waals surface area contributed by atoms with E-state index < -0.39 is 0 Å². The zero-order valence-corrected chi connectivity index (χ0v) is 17.4. The molecule has 0 spiro atoms. The molecule has 0 unspecified atom stereocenters. The Morgan fingerprint density at radius 1 is 1.21 bits per heavy atom. The van der Waals surface area contributed by atoms with Crippen LogP contribution in [0.2, 0.25) is 0 Å². The highest BCUT2D eigenvalue weighted by Crippen LogP contribution is 2.26. The Hall–Kier alpha value is -1.84. The van der Waals surface area contributed by atoms with Gasteiger partial charge in [0.25, 0.3) is 0 Å². The molecule has 2 aromatic rings. The second-order valence-corrected chi connectivity index (χ2v) is 9.17. The lowest BCUT2D eigenvalue weighted by Crippen LogP contribution is -2.18. The first kappa shape index (κ1) is 19.5. The van der Waals surface area contributed by atoms with E-state index in [-0.39, 0.29) is 12.0 Å². The van der Waals surface area contributed by atoms with E-state index in [0.717, 1.165) is 54.2 Å². The van der Waals surface area contributed by atoms with Crippen LogP contribution in [-0.4, -0.2) is 54.2 Å². The molecule has 0 aliphatic carbocycles. The molecular formula is C19H25N5O2S2. The number of benzene rings is 1. The van der Waals surface area contributed by atoms with Crippen LogP contribution in [0.1, 0.15) is 25.7 Å². The molecule has 2 saturated heterocycles. The van der Waals surface area contributed by atoms with Gasteiger partial charge >= 0.3 is 0 Å². The largest absolute Gasteiger partial charge is 0.376 e. The number of rotatable bonds is 8. The molecule has 4 rings (SSSR count). The quantitative estimate of drug-likeness (QED) is 0.634. The molecule has 0 bridgehead atoms. The lowest BCUT2D eigenvalue weighted by atomic mass is 10.2. The molecule has 3 heterocycles. The van der Waals surface area contributed by atoms with E-state index >= 15 is 0 Å². The first-order valence-corrected chi connectivity index (χ1v) is 11.5. The Bertz CT molecular complexity index is 771. The third kappa shape index (κ3) is 5.36. The number of amides is 1. The predicted molar refractivity (Wildman–Crippen MR) is 115 cm³/mol. The van der Waals surface area contributed by atoms with Gasteiger partial charge in [-0.15, -0.1) is 10.2 Å². The lowest BCUT2D eigenvalue weighted by molar-refractivity contribution is -0.113. The number of carbonyl (C=O) groups excluding carboxylic acids is 1. The highest BCUT2D eigenvalue weighted by Gasteiger charge is 2.16. The van der Waals surface area contributed by atoms with Crippen molar-refractivity contribution in [2.45, 2.75) is 36.1 Å². The van der Waals surface area contributed by atoms with Crippen LogP contribution >= 0.6 is 23.1 Å². The molecule has 1 amide bonds. The van der Waals surface area contributed by atoms with Crippen molar-refractivity contribution in [2.24, 2.45) is 0 Å². The number of carbonyl (C=O) groups is 1. The molecule has 2 aliphatic rings. The van der Waals surface area contributed by atoms with Crippen molar-refractivity contribution in [3.63, 3.8) is 0 Å². The minimum atomic E-state index is -0.0389. The van der Waals surface area contributed by atoms with Gasteiger partial charge in [-0.1, -0.05) is 23.1 Å². The second kappa shape index (κ2) is 9.58. The normalized spacial score (nSPS) is 19.1. The van der Waals surface area contributed by atoms with Gasteiger partial charge in [-0.2, -0.15) is 0 Å². The van der Waals surface area contributed by atoms with E-state index in [0.29, 0.717) is 5.75 Å². The average Bonchev–Trinajstić information content (AvgIpc) is 3.48. The number of aromatic nitrogens is 2. The fraction of sp³-hybridized carbons (Fsp3) is 0.526. The summed E-state index contributed by atoms with van der Waals surface area (Å²) in [5, 5.41) is 15.3. The Balaban J connectivity index is 1.20. The van der Waals surface area contributed by atoms with Crippen molar-refractivity contribution in [3.05, 3.63) is 24.3 Å². The van der Waals surface area contributed by atoms with Crippen LogP contribution in [0.15, 0.2) is 28.6 Å². The number of hydrogen-bond acceptors (Lipinski definition) is 8. The van der Waals surface area contributed by atoms with Crippen LogP contribution in [-0.2, 0) is 9.53 Å². The van der Waals surface area contributed by atoms with E-state index in [1.165, 1.54) is 41.6 Å². The van der Waals surface area contributed by atoms with Gasteiger partial charge in [-0.05, 0) is 49.9 Å². The molecule has 150 valence electrons. The van der Waals surface area contributed by atoms with Gasteiger partial charge in [0.15, 0.2) is 4.34 Å². The average molecular weight is 420 g/mol. The molecule has 2 fully saturated rings. The molecule has 1 atom stereocenters. The maximum atomic E-state index is 12.2. The maximum Gasteiger partial charge on any atom is 0.234 e. The number of thioether (sulfide) groups is 1. The summed E-state index contributed by atoms with van der Waals surface area (Å²) in [4.78, 5) is 14.6. The van der Waals surface area contributed by atoms with E-state index in [9.17, 15) is 4.79 Å². The van der Waals surface area contributed by atoms with Gasteiger partial charge in [0, 0.05) is 37.6 Å². The van der Waals surface area contributed by atoms with E-state index in [4.69, 9.17) is 4.74 Å². The van der Waals surface area contributed by atoms with Crippen molar-refractivity contribution < 1.29 is 9.53 Å². The molecular weight excluding hydrogens is 394 g/mol. The fourth-order valence-corrected chi connectivity index (χ4v) is 4.96. The van der Waals surface area contributed by atoms with Crippen molar-refractivity contribution in [3.8, 4) is 0 Å². The summed E-state index contributed by atoms with van der Waals surface area (Å²) in [7, 11) is 0. The molecule has 0 saturated carbocycles. The Morgan fingerprint density at radius 2 is 2.04 bits per heavy atom. The molecule has 2 aliphatic heterocycles. The summed E-state index contributed by atoms with van der Waals surface area (Å²) < 4.78 is 6.37. The van der Waals surface area contributed by atoms with Gasteiger partial charge in [0.2, 0.25) is 11.0 Å². The third-order valence-corrected chi connectivity index (χ3v) is 6.87. The molecule has 1 aromatic carbocycles. The number of nitrogens with one attached hydrogen (secondary N) is 2. The minimum absolute atomic E-state index is 0.0389. The molecule has 1 aromatic heterocycles. The van der Waals surface area contributed by atoms with Crippen molar-refractivity contribution >= 4 is 45.5 Å². The Kier molecular flexibility index (Phi) is 6.66. The lowest BCUT2D eigenvalue weighted by Gasteiger charge is -2.17. The maximum absolute atomic E-state index is 12.2. The van der Waals surface area contributed by atoms with Gasteiger partial charge < -0.3 is 20.3 Å². The van der Waals surface area contributed by atoms with Gasteiger partial charge in [-0.25, -0.2) is 0 Å². The minimum Gasteiger partial charge on any atom is -0.376 e. The van der Waals surface area contributed by atoms with Crippen LogP contribution in [0.25, 0.3) is 0 Å². The first-order chi connectivity index (χ1) is 13.8. The van der Waals surface area contributed by atoms with Gasteiger partial charge in [0.1, 0.15) is 0 Å². The summed E-state index contributed by atoms with van der Waals surface area (Å²) in [5.41, 5.74) is 2.05. The van der Waals surface area contributed by atoms with Crippen molar-refractivity contribution in [2.75, 3.05) is 47.5 Å². The Labute approximate surface area is 173 Å². The number of anilines is 3. The third-order valence-electron chi connectivity index (χ3n) is 4.86. The molecule has 0 radical (unpaired) electrons. The van der Waals surface area contributed by atoms with Crippen molar-refractivity contribution in [1.29, 1.82) is 0 Å². The van der Waals surface area contributed by atoms with Crippen LogP contribution < -0.4 is 15.5 Å². The van der Waals surface area contributed by atoms with Crippen molar-refractivity contribution in [1.82, 2.24) is 10.2 Å². The highest BCUT2D eigenvalue weighted by atomic mass is 32.2. The number of hydrogen-bond donors (Lipinski definition) is 2. The van der Waals surface area contributed by atoms with E-state index in [2.05, 4.69) is 37.9 Å². The fourth-order valence-electron chi connectivity index (χ4n) is 3.40. The molecule has 28 heavy (non-hydrogen) atoms. The van der Waals surface area contributed by atoms with Crippen LogP contribution in [0.5, 0.6) is 0 Å². The topological polar surface area (TPSA) is 79.4 Å². The van der Waals surface area contributed by atoms with E-state index in [1.54, 1.807) is 0 Å². The van der Waals surface area contributed by atoms with Crippen LogP contribution in [0, 0.1) is 0 Å². The summed E-state index contributed by atoms with van der Waals surface area (Å²) >= 11 is 2.87. The van der Waals surface area contributed by atoms with Crippen LogP contribution in [0.3, 0.4) is 0 Å². The SMILES string of the molecule is O=C(CSc1nnc(NC[C@@H]2CCCO2)s1)Nc1ccc(N2CCCC2)cc1. The predicted octanol–water partition coefficient (Wildman–Crippen LogP) is 3.46. The first-order valence-electron chi connectivity index (χ1n) is 9.73.